The lowest BCUT2D eigenvalue weighted by atomic mass is 10.1. The predicted octanol–water partition coefficient (Wildman–Crippen LogP) is 3.56. The number of nitro benzene ring substituents is 2. The standard InChI is InChI=1S/C14H11N3O4/c1-10-3-2-4-12(7-10)15-9-11-5-6-13(16(18)19)8-14(11)17(20)21/h2-9H,1H3. The lowest BCUT2D eigenvalue weighted by Crippen LogP contribution is -1.97. The fourth-order valence-corrected chi connectivity index (χ4v) is 1.77. The maximum atomic E-state index is 11.0. The molecule has 0 atom stereocenters. The van der Waals surface area contributed by atoms with Crippen LogP contribution in [0.3, 0.4) is 0 Å². The van der Waals surface area contributed by atoms with E-state index in [1.165, 1.54) is 18.3 Å². The molecule has 21 heavy (non-hydrogen) atoms. The highest BCUT2D eigenvalue weighted by Crippen LogP contribution is 2.24. The third kappa shape index (κ3) is 3.47. The van der Waals surface area contributed by atoms with Gasteiger partial charge in [0, 0.05) is 12.3 Å². The number of aryl methyl sites for hydroxylation is 1. The van der Waals surface area contributed by atoms with Crippen LogP contribution in [0.4, 0.5) is 17.1 Å². The molecule has 0 saturated heterocycles. The summed E-state index contributed by atoms with van der Waals surface area (Å²) in [4.78, 5) is 24.5. The van der Waals surface area contributed by atoms with E-state index >= 15 is 0 Å². The van der Waals surface area contributed by atoms with E-state index in [-0.39, 0.29) is 16.9 Å². The summed E-state index contributed by atoms with van der Waals surface area (Å²) in [7, 11) is 0. The van der Waals surface area contributed by atoms with Crippen LogP contribution in [-0.2, 0) is 0 Å². The molecule has 0 aliphatic rings. The van der Waals surface area contributed by atoms with Crippen LogP contribution < -0.4 is 0 Å². The van der Waals surface area contributed by atoms with Gasteiger partial charge in [-0.3, -0.25) is 25.2 Å². The lowest BCUT2D eigenvalue weighted by Gasteiger charge is -1.98. The molecule has 2 rings (SSSR count). The molecular weight excluding hydrogens is 274 g/mol. The van der Waals surface area contributed by atoms with Crippen LogP contribution in [-0.4, -0.2) is 16.1 Å². The molecule has 0 bridgehead atoms. The Hall–Kier alpha value is -3.09. The van der Waals surface area contributed by atoms with Crippen molar-refractivity contribution in [2.45, 2.75) is 6.92 Å². The highest BCUT2D eigenvalue weighted by Gasteiger charge is 2.18. The molecular formula is C14H11N3O4. The zero-order valence-corrected chi connectivity index (χ0v) is 11.1. The first-order valence-corrected chi connectivity index (χ1v) is 6.01. The zero-order chi connectivity index (χ0) is 15.4. The first kappa shape index (κ1) is 14.3. The molecule has 2 aromatic carbocycles. The van der Waals surface area contributed by atoms with Gasteiger partial charge in [-0.05, 0) is 30.7 Å². The molecule has 0 unspecified atom stereocenters. The summed E-state index contributed by atoms with van der Waals surface area (Å²) in [5, 5.41) is 21.6. The second-order valence-corrected chi connectivity index (χ2v) is 4.35. The maximum absolute atomic E-state index is 11.0. The Labute approximate surface area is 119 Å². The van der Waals surface area contributed by atoms with Gasteiger partial charge in [0.15, 0.2) is 0 Å². The second-order valence-electron chi connectivity index (χ2n) is 4.35. The number of rotatable bonds is 4. The van der Waals surface area contributed by atoms with E-state index in [0.717, 1.165) is 11.6 Å². The molecule has 0 N–H and O–H groups in total. The van der Waals surface area contributed by atoms with Gasteiger partial charge in [0.2, 0.25) is 0 Å². The summed E-state index contributed by atoms with van der Waals surface area (Å²) in [6.07, 6.45) is 1.33. The van der Waals surface area contributed by atoms with Gasteiger partial charge in [0.1, 0.15) is 0 Å². The minimum atomic E-state index is -0.672. The van der Waals surface area contributed by atoms with E-state index in [1.807, 2.05) is 25.1 Å². The Morgan fingerprint density at radius 2 is 1.81 bits per heavy atom. The third-order valence-corrected chi connectivity index (χ3v) is 2.78. The molecule has 0 fully saturated rings. The molecule has 0 spiro atoms. The molecule has 0 saturated carbocycles. The van der Waals surface area contributed by atoms with Gasteiger partial charge in [0.05, 0.1) is 27.2 Å². The third-order valence-electron chi connectivity index (χ3n) is 2.78. The smallest absolute Gasteiger partial charge is 0.258 e. The number of non-ortho nitro benzene ring substituents is 1. The number of hydrogen-bond acceptors (Lipinski definition) is 5. The summed E-state index contributed by atoms with van der Waals surface area (Å²) < 4.78 is 0. The van der Waals surface area contributed by atoms with Crippen molar-refractivity contribution in [3.05, 3.63) is 73.8 Å². The summed E-state index contributed by atoms with van der Waals surface area (Å²) in [5.41, 5.74) is 1.22. The fourth-order valence-electron chi connectivity index (χ4n) is 1.77. The van der Waals surface area contributed by atoms with Crippen LogP contribution in [0.2, 0.25) is 0 Å². The number of aliphatic imine (C=N–C) groups is 1. The van der Waals surface area contributed by atoms with Gasteiger partial charge in [-0.15, -0.1) is 0 Å². The summed E-state index contributed by atoms with van der Waals surface area (Å²) in [6, 6.07) is 10.8. The van der Waals surface area contributed by atoms with Crippen LogP contribution in [0.5, 0.6) is 0 Å². The molecule has 0 aromatic heterocycles. The molecule has 7 nitrogen and oxygen atoms in total. The number of nitro groups is 2. The van der Waals surface area contributed by atoms with Gasteiger partial charge in [-0.25, -0.2) is 0 Å². The van der Waals surface area contributed by atoms with E-state index in [0.29, 0.717) is 5.69 Å². The Kier molecular flexibility index (Phi) is 4.03. The van der Waals surface area contributed by atoms with Crippen molar-refractivity contribution in [1.82, 2.24) is 0 Å². The number of benzene rings is 2. The first-order valence-electron chi connectivity index (χ1n) is 6.01. The molecule has 0 amide bonds. The van der Waals surface area contributed by atoms with Gasteiger partial charge in [0.25, 0.3) is 11.4 Å². The largest absolute Gasteiger partial charge is 0.285 e. The molecule has 106 valence electrons. The predicted molar refractivity (Wildman–Crippen MR) is 78.2 cm³/mol. The van der Waals surface area contributed by atoms with Crippen LogP contribution in [0.25, 0.3) is 0 Å². The minimum Gasteiger partial charge on any atom is -0.258 e. The van der Waals surface area contributed by atoms with Gasteiger partial charge < -0.3 is 0 Å². The number of hydrogen-bond donors (Lipinski definition) is 0. The molecule has 0 aliphatic carbocycles. The molecule has 0 heterocycles. The van der Waals surface area contributed by atoms with E-state index in [1.54, 1.807) is 6.07 Å². The maximum Gasteiger partial charge on any atom is 0.285 e. The van der Waals surface area contributed by atoms with Gasteiger partial charge in [-0.2, -0.15) is 0 Å². The topological polar surface area (TPSA) is 98.6 Å². The molecule has 2 aromatic rings. The zero-order valence-electron chi connectivity index (χ0n) is 11.1. The Morgan fingerprint density at radius 1 is 1.05 bits per heavy atom. The van der Waals surface area contributed by atoms with Crippen molar-refractivity contribution in [3.63, 3.8) is 0 Å². The average Bonchev–Trinajstić information content (AvgIpc) is 2.44. The van der Waals surface area contributed by atoms with Crippen molar-refractivity contribution in [2.75, 3.05) is 0 Å². The summed E-state index contributed by atoms with van der Waals surface area (Å²) >= 11 is 0. The van der Waals surface area contributed by atoms with Gasteiger partial charge >= 0.3 is 0 Å². The Bertz CT molecular complexity index is 741. The summed E-state index contributed by atoms with van der Waals surface area (Å²) in [5.74, 6) is 0. The highest BCUT2D eigenvalue weighted by molar-refractivity contribution is 5.87. The van der Waals surface area contributed by atoms with Crippen molar-refractivity contribution >= 4 is 23.3 Å². The quantitative estimate of drug-likeness (QED) is 0.487. The molecule has 0 aliphatic heterocycles. The minimum absolute atomic E-state index is 0.215. The Morgan fingerprint density at radius 3 is 2.43 bits per heavy atom. The van der Waals surface area contributed by atoms with Crippen LogP contribution >= 0.6 is 0 Å². The van der Waals surface area contributed by atoms with Crippen molar-refractivity contribution < 1.29 is 9.85 Å². The normalized spacial score (nSPS) is 10.7. The van der Waals surface area contributed by atoms with E-state index in [2.05, 4.69) is 4.99 Å². The van der Waals surface area contributed by atoms with Crippen LogP contribution in [0, 0.1) is 27.2 Å². The van der Waals surface area contributed by atoms with E-state index < -0.39 is 9.85 Å². The van der Waals surface area contributed by atoms with Crippen molar-refractivity contribution in [1.29, 1.82) is 0 Å². The molecule has 0 radical (unpaired) electrons. The van der Waals surface area contributed by atoms with Crippen LogP contribution in [0.15, 0.2) is 47.5 Å². The lowest BCUT2D eigenvalue weighted by molar-refractivity contribution is -0.394. The second kappa shape index (κ2) is 5.91. The summed E-state index contributed by atoms with van der Waals surface area (Å²) in [6.45, 7) is 1.91. The van der Waals surface area contributed by atoms with E-state index in [4.69, 9.17) is 0 Å². The fraction of sp³-hybridized carbons (Fsp3) is 0.0714. The monoisotopic (exact) mass is 285 g/mol. The van der Waals surface area contributed by atoms with Gasteiger partial charge in [-0.1, -0.05) is 12.1 Å². The SMILES string of the molecule is Cc1cccc(N=Cc2ccc([N+](=O)[O-])cc2[N+](=O)[O-])c1. The first-order chi connectivity index (χ1) is 9.97. The number of nitrogens with zero attached hydrogens (tertiary/aromatic N) is 3. The average molecular weight is 285 g/mol. The van der Waals surface area contributed by atoms with E-state index in [9.17, 15) is 20.2 Å². The Balaban J connectivity index is 2.39. The van der Waals surface area contributed by atoms with Crippen LogP contribution in [0.1, 0.15) is 11.1 Å². The highest BCUT2D eigenvalue weighted by atomic mass is 16.6. The van der Waals surface area contributed by atoms with Crippen molar-refractivity contribution in [3.8, 4) is 0 Å². The van der Waals surface area contributed by atoms with Crippen molar-refractivity contribution in [2.24, 2.45) is 4.99 Å². The molecule has 7 heteroatoms.